The summed E-state index contributed by atoms with van der Waals surface area (Å²) >= 11 is 0. The highest BCUT2D eigenvalue weighted by atomic mass is 16.6. The summed E-state index contributed by atoms with van der Waals surface area (Å²) in [5.41, 5.74) is 0. The fraction of sp³-hybridized carbons (Fsp3) is 0.945. The summed E-state index contributed by atoms with van der Waals surface area (Å²) in [4.78, 5) is 38.0. The van der Waals surface area contributed by atoms with Crippen molar-refractivity contribution >= 4 is 17.9 Å². The summed E-state index contributed by atoms with van der Waals surface area (Å²) < 4.78 is 16.8. The molecule has 0 aliphatic heterocycles. The van der Waals surface area contributed by atoms with Crippen LogP contribution >= 0.6 is 0 Å². The van der Waals surface area contributed by atoms with Gasteiger partial charge in [0.25, 0.3) is 0 Å². The zero-order valence-corrected chi connectivity index (χ0v) is 41.8. The minimum atomic E-state index is -0.762. The third-order valence-electron chi connectivity index (χ3n) is 12.5. The number of ether oxygens (including phenoxy) is 3. The highest BCUT2D eigenvalue weighted by Gasteiger charge is 2.19. The van der Waals surface area contributed by atoms with Gasteiger partial charge in [-0.05, 0) is 31.1 Å². The molecule has 0 heterocycles. The first-order valence-corrected chi connectivity index (χ1v) is 27.2. The Bertz CT molecular complexity index is 931. The Morgan fingerprint density at radius 3 is 0.803 bits per heavy atom. The lowest BCUT2D eigenvalue weighted by Gasteiger charge is -2.18. The van der Waals surface area contributed by atoms with E-state index in [0.29, 0.717) is 19.3 Å². The molecule has 61 heavy (non-hydrogen) atoms. The number of esters is 3. The van der Waals surface area contributed by atoms with Gasteiger partial charge < -0.3 is 14.2 Å². The van der Waals surface area contributed by atoms with Crippen LogP contribution in [0.2, 0.25) is 0 Å². The Morgan fingerprint density at radius 2 is 0.541 bits per heavy atom. The molecular weight excluding hydrogens is 757 g/mol. The maximum absolute atomic E-state index is 12.8. The van der Waals surface area contributed by atoms with Gasteiger partial charge in [0.2, 0.25) is 0 Å². The summed E-state index contributed by atoms with van der Waals surface area (Å²) in [6.07, 6.45) is 49.6. The molecule has 1 atom stereocenters. The van der Waals surface area contributed by atoms with E-state index in [1.807, 2.05) is 0 Å². The van der Waals surface area contributed by atoms with E-state index in [2.05, 4.69) is 34.6 Å². The third kappa shape index (κ3) is 49.3. The molecule has 0 bridgehead atoms. The summed E-state index contributed by atoms with van der Waals surface area (Å²) in [5, 5.41) is 0. The van der Waals surface area contributed by atoms with Gasteiger partial charge in [-0.1, -0.05) is 266 Å². The van der Waals surface area contributed by atoms with Crippen LogP contribution in [-0.2, 0) is 28.6 Å². The second-order valence-electron chi connectivity index (χ2n) is 19.8. The van der Waals surface area contributed by atoms with E-state index in [-0.39, 0.29) is 31.1 Å². The molecule has 0 aliphatic carbocycles. The second kappa shape index (κ2) is 47.9. The van der Waals surface area contributed by atoms with Gasteiger partial charge in [0.05, 0.1) is 0 Å². The third-order valence-corrected chi connectivity index (χ3v) is 12.5. The average Bonchev–Trinajstić information content (AvgIpc) is 3.23. The van der Waals surface area contributed by atoms with E-state index < -0.39 is 6.10 Å². The molecular formula is C55H106O6. The van der Waals surface area contributed by atoms with Gasteiger partial charge in [-0.3, -0.25) is 14.4 Å². The van der Waals surface area contributed by atoms with Crippen molar-refractivity contribution in [3.8, 4) is 0 Å². The number of carbonyl (C=O) groups excluding carboxylic acids is 3. The molecule has 6 heteroatoms. The SMILES string of the molecule is CCCCCCCCCCCCCCCCC(=O)O[C@@H](COC(=O)CCCCCCCCCCCCCCCCCCC(C)C)COC(=O)CCCCCCCCCC(C)C. The fourth-order valence-corrected chi connectivity index (χ4v) is 8.34. The van der Waals surface area contributed by atoms with Crippen molar-refractivity contribution in [3.05, 3.63) is 0 Å². The first-order chi connectivity index (χ1) is 29.7. The van der Waals surface area contributed by atoms with Gasteiger partial charge in [-0.15, -0.1) is 0 Å². The van der Waals surface area contributed by atoms with Crippen LogP contribution in [0.15, 0.2) is 0 Å². The molecule has 0 saturated carbocycles. The predicted octanol–water partition coefficient (Wildman–Crippen LogP) is 17.7. The minimum Gasteiger partial charge on any atom is -0.462 e. The summed E-state index contributed by atoms with van der Waals surface area (Å²) in [5.74, 6) is 0.787. The monoisotopic (exact) mass is 863 g/mol. The molecule has 0 saturated heterocycles. The van der Waals surface area contributed by atoms with Gasteiger partial charge in [0, 0.05) is 19.3 Å². The van der Waals surface area contributed by atoms with Crippen LogP contribution in [0, 0.1) is 11.8 Å². The van der Waals surface area contributed by atoms with E-state index in [1.54, 1.807) is 0 Å². The maximum Gasteiger partial charge on any atom is 0.306 e. The molecule has 0 unspecified atom stereocenters. The van der Waals surface area contributed by atoms with Crippen LogP contribution in [0.4, 0.5) is 0 Å². The fourth-order valence-electron chi connectivity index (χ4n) is 8.34. The van der Waals surface area contributed by atoms with Crippen molar-refractivity contribution in [2.45, 2.75) is 310 Å². The molecule has 362 valence electrons. The Hall–Kier alpha value is -1.59. The van der Waals surface area contributed by atoms with Crippen molar-refractivity contribution in [3.63, 3.8) is 0 Å². The molecule has 0 aromatic carbocycles. The van der Waals surface area contributed by atoms with Gasteiger partial charge >= 0.3 is 17.9 Å². The van der Waals surface area contributed by atoms with Crippen LogP contribution in [0.5, 0.6) is 0 Å². The van der Waals surface area contributed by atoms with E-state index in [1.165, 1.54) is 193 Å². The molecule has 6 nitrogen and oxygen atoms in total. The number of carbonyl (C=O) groups is 3. The Kier molecular flexibility index (Phi) is 46.6. The largest absolute Gasteiger partial charge is 0.462 e. The van der Waals surface area contributed by atoms with E-state index in [0.717, 1.165) is 69.6 Å². The topological polar surface area (TPSA) is 78.9 Å². The first-order valence-electron chi connectivity index (χ1n) is 27.2. The highest BCUT2D eigenvalue weighted by Crippen LogP contribution is 2.18. The molecule has 0 aromatic rings. The lowest BCUT2D eigenvalue weighted by molar-refractivity contribution is -0.167. The minimum absolute atomic E-state index is 0.0636. The Labute approximate surface area is 380 Å². The smallest absolute Gasteiger partial charge is 0.306 e. The number of hydrogen-bond acceptors (Lipinski definition) is 6. The van der Waals surface area contributed by atoms with E-state index >= 15 is 0 Å². The van der Waals surface area contributed by atoms with Gasteiger partial charge in [0.1, 0.15) is 13.2 Å². The van der Waals surface area contributed by atoms with E-state index in [9.17, 15) is 14.4 Å². The lowest BCUT2D eigenvalue weighted by atomic mass is 10.0. The number of unbranched alkanes of at least 4 members (excludes halogenated alkanes) is 34. The van der Waals surface area contributed by atoms with E-state index in [4.69, 9.17) is 14.2 Å². The number of rotatable bonds is 49. The quantitative estimate of drug-likeness (QED) is 0.0344. The highest BCUT2D eigenvalue weighted by molar-refractivity contribution is 5.71. The molecule has 0 rings (SSSR count). The zero-order chi connectivity index (χ0) is 44.7. The Morgan fingerprint density at radius 1 is 0.311 bits per heavy atom. The number of hydrogen-bond donors (Lipinski definition) is 0. The molecule has 0 N–H and O–H groups in total. The molecule has 0 spiro atoms. The first kappa shape index (κ1) is 59.4. The van der Waals surface area contributed by atoms with Crippen LogP contribution < -0.4 is 0 Å². The molecule has 0 radical (unpaired) electrons. The average molecular weight is 863 g/mol. The summed E-state index contributed by atoms with van der Waals surface area (Å²) in [7, 11) is 0. The van der Waals surface area contributed by atoms with Crippen molar-refractivity contribution < 1.29 is 28.6 Å². The van der Waals surface area contributed by atoms with Gasteiger partial charge in [0.15, 0.2) is 6.10 Å². The van der Waals surface area contributed by atoms with Gasteiger partial charge in [-0.2, -0.15) is 0 Å². The van der Waals surface area contributed by atoms with Crippen molar-refractivity contribution in [2.24, 2.45) is 11.8 Å². The normalized spacial score (nSPS) is 12.0. The predicted molar refractivity (Wildman–Crippen MR) is 261 cm³/mol. The zero-order valence-electron chi connectivity index (χ0n) is 41.8. The summed E-state index contributed by atoms with van der Waals surface area (Å²) in [6, 6.07) is 0. The Balaban J connectivity index is 4.24. The lowest BCUT2D eigenvalue weighted by Crippen LogP contribution is -2.30. The second-order valence-corrected chi connectivity index (χ2v) is 19.8. The van der Waals surface area contributed by atoms with Crippen LogP contribution in [0.1, 0.15) is 304 Å². The molecule has 0 fully saturated rings. The molecule has 0 amide bonds. The van der Waals surface area contributed by atoms with Crippen molar-refractivity contribution in [1.29, 1.82) is 0 Å². The maximum atomic E-state index is 12.8. The van der Waals surface area contributed by atoms with Crippen molar-refractivity contribution in [1.82, 2.24) is 0 Å². The standard InChI is InChI=1S/C55H106O6/c1-6-7-8-9-10-11-12-13-19-23-26-31-37-42-47-55(58)61-52(49-60-54(57)46-41-36-32-27-29-34-39-44-51(4)5)48-59-53(56)45-40-35-30-25-22-20-17-15-14-16-18-21-24-28-33-38-43-50(2)3/h50-52H,6-49H2,1-5H3/t52-/m0/s1. The van der Waals surface area contributed by atoms with Crippen molar-refractivity contribution in [2.75, 3.05) is 13.2 Å². The van der Waals surface area contributed by atoms with Crippen LogP contribution in [0.25, 0.3) is 0 Å². The van der Waals surface area contributed by atoms with Gasteiger partial charge in [-0.25, -0.2) is 0 Å². The van der Waals surface area contributed by atoms with Crippen LogP contribution in [-0.4, -0.2) is 37.2 Å². The molecule has 0 aromatic heterocycles. The summed E-state index contributed by atoms with van der Waals surface area (Å²) in [6.45, 7) is 11.4. The van der Waals surface area contributed by atoms with Crippen LogP contribution in [0.3, 0.4) is 0 Å². The molecule has 0 aliphatic rings.